The molecule has 1 aliphatic rings. The van der Waals surface area contributed by atoms with Crippen molar-refractivity contribution in [2.45, 2.75) is 33.7 Å². The van der Waals surface area contributed by atoms with Crippen LogP contribution in [0.1, 0.15) is 47.1 Å². The van der Waals surface area contributed by atoms with Crippen LogP contribution in [-0.2, 0) is 9.59 Å². The Morgan fingerprint density at radius 1 is 0.929 bits per heavy atom. The summed E-state index contributed by atoms with van der Waals surface area (Å²) < 4.78 is 0. The molecule has 218 valence electrons. The number of hydrogen-bond donors (Lipinski definition) is 4. The highest BCUT2D eigenvalue weighted by atomic mass is 16.5. The second kappa shape index (κ2) is 12.2. The van der Waals surface area contributed by atoms with Gasteiger partial charge in [0, 0.05) is 22.2 Å². The molecule has 4 rings (SSSR count). The highest BCUT2D eigenvalue weighted by Gasteiger charge is 2.40. The fourth-order valence-corrected chi connectivity index (χ4v) is 4.70. The van der Waals surface area contributed by atoms with E-state index < -0.39 is 29.3 Å². The van der Waals surface area contributed by atoms with Gasteiger partial charge in [-0.2, -0.15) is 0 Å². The van der Waals surface area contributed by atoms with E-state index in [2.05, 4.69) is 10.6 Å². The van der Waals surface area contributed by atoms with Crippen molar-refractivity contribution in [3.05, 3.63) is 89.5 Å². The fraction of sp³-hybridized carbons (Fsp3) is 0.258. The molecule has 1 atom stereocenters. The van der Waals surface area contributed by atoms with Crippen molar-refractivity contribution in [2.75, 3.05) is 28.2 Å². The average molecular weight is 572 g/mol. The molecule has 11 heteroatoms. The van der Waals surface area contributed by atoms with Gasteiger partial charge < -0.3 is 20.4 Å². The topological polar surface area (TPSA) is 148 Å². The van der Waals surface area contributed by atoms with E-state index in [-0.39, 0.29) is 36.0 Å². The van der Waals surface area contributed by atoms with Gasteiger partial charge in [0.2, 0.25) is 5.91 Å². The summed E-state index contributed by atoms with van der Waals surface area (Å²) in [4.78, 5) is 68.8. The summed E-state index contributed by atoms with van der Waals surface area (Å²) in [6, 6.07) is 17.7. The molecule has 0 aromatic heterocycles. The van der Waals surface area contributed by atoms with Crippen LogP contribution in [0.2, 0.25) is 0 Å². The van der Waals surface area contributed by atoms with Gasteiger partial charge in [-0.1, -0.05) is 63.2 Å². The molecule has 1 aliphatic heterocycles. The molecular weight excluding hydrogens is 538 g/mol. The second-order valence-electron chi connectivity index (χ2n) is 11.0. The maximum atomic E-state index is 14.1. The van der Waals surface area contributed by atoms with Crippen LogP contribution >= 0.6 is 0 Å². The number of urea groups is 1. The molecule has 3 aromatic rings. The number of fused-ring (bicyclic) bond motifs is 1. The summed E-state index contributed by atoms with van der Waals surface area (Å²) >= 11 is 0. The highest BCUT2D eigenvalue weighted by Crippen LogP contribution is 2.35. The molecule has 1 heterocycles. The molecular formula is C31H33N5O6. The largest absolute Gasteiger partial charge is 0.324 e. The Labute approximate surface area is 243 Å². The van der Waals surface area contributed by atoms with Gasteiger partial charge in [0.15, 0.2) is 5.78 Å². The van der Waals surface area contributed by atoms with Gasteiger partial charge in [-0.25, -0.2) is 10.3 Å². The van der Waals surface area contributed by atoms with Crippen molar-refractivity contribution >= 4 is 46.6 Å². The van der Waals surface area contributed by atoms with Crippen LogP contribution < -0.4 is 25.9 Å². The molecule has 1 unspecified atom stereocenters. The molecule has 0 radical (unpaired) electrons. The van der Waals surface area contributed by atoms with E-state index in [1.165, 1.54) is 39.5 Å². The first-order valence-electron chi connectivity index (χ1n) is 13.3. The lowest BCUT2D eigenvalue weighted by Crippen LogP contribution is -2.55. The number of amides is 5. The maximum absolute atomic E-state index is 14.1. The molecule has 0 bridgehead atoms. The average Bonchev–Trinajstić information content (AvgIpc) is 3.06. The van der Waals surface area contributed by atoms with Crippen LogP contribution in [0.15, 0.2) is 72.8 Å². The lowest BCUT2D eigenvalue weighted by molar-refractivity contribution is -0.126. The van der Waals surface area contributed by atoms with Crippen molar-refractivity contribution in [3.8, 4) is 0 Å². The zero-order chi connectivity index (χ0) is 30.6. The molecule has 11 nitrogen and oxygen atoms in total. The third-order valence-corrected chi connectivity index (χ3v) is 6.82. The molecule has 0 aliphatic carbocycles. The zero-order valence-corrected chi connectivity index (χ0v) is 23.8. The third-order valence-electron chi connectivity index (χ3n) is 6.82. The maximum Gasteiger partial charge on any atom is 0.319 e. The first-order valence-corrected chi connectivity index (χ1v) is 13.3. The van der Waals surface area contributed by atoms with Crippen LogP contribution in [0.3, 0.4) is 0 Å². The summed E-state index contributed by atoms with van der Waals surface area (Å²) in [5, 5.41) is 14.1. The molecule has 0 saturated heterocycles. The molecule has 3 aromatic carbocycles. The summed E-state index contributed by atoms with van der Waals surface area (Å²) in [6.07, 6.45) is 0. The Bertz CT molecular complexity index is 1550. The van der Waals surface area contributed by atoms with Crippen molar-refractivity contribution in [2.24, 2.45) is 5.41 Å². The SMILES string of the molecule is Cc1ccccc1C(=O)CN1C(=O)C(NC(=O)Nc2cccc(C(=O)NO)c2)CN(C(=O)C(C)(C)C)c2ccccc21. The van der Waals surface area contributed by atoms with Gasteiger partial charge >= 0.3 is 6.03 Å². The van der Waals surface area contributed by atoms with E-state index in [4.69, 9.17) is 5.21 Å². The van der Waals surface area contributed by atoms with Crippen LogP contribution in [0.5, 0.6) is 0 Å². The van der Waals surface area contributed by atoms with E-state index in [1.807, 2.05) is 19.1 Å². The Hall–Kier alpha value is -5.03. The lowest BCUT2D eigenvalue weighted by Gasteiger charge is -2.30. The van der Waals surface area contributed by atoms with Crippen LogP contribution in [0.4, 0.5) is 21.9 Å². The number of anilines is 3. The molecule has 4 N–H and O–H groups in total. The predicted molar refractivity (Wildman–Crippen MR) is 158 cm³/mol. The number of Topliss-reactive ketones (excluding diaryl/α,β-unsaturated/α-hetero) is 1. The summed E-state index contributed by atoms with van der Waals surface area (Å²) in [5.41, 5.74) is 3.07. The number of aryl methyl sites for hydroxylation is 1. The van der Waals surface area contributed by atoms with E-state index in [1.54, 1.807) is 57.2 Å². The number of rotatable bonds is 6. The Morgan fingerprint density at radius 2 is 1.60 bits per heavy atom. The number of nitrogens with one attached hydrogen (secondary N) is 3. The minimum absolute atomic E-state index is 0.0964. The minimum Gasteiger partial charge on any atom is -0.324 e. The summed E-state index contributed by atoms with van der Waals surface area (Å²) in [5.74, 6) is -1.91. The van der Waals surface area contributed by atoms with Gasteiger partial charge in [-0.05, 0) is 42.8 Å². The van der Waals surface area contributed by atoms with Crippen molar-refractivity contribution in [1.29, 1.82) is 0 Å². The standard InChI is InChI=1S/C31H33N5O6/c1-19-10-5-6-13-22(19)26(37)18-35-24-14-7-8-15-25(24)36(29(40)31(2,3)4)17-23(28(35)39)33-30(41)32-21-12-9-11-20(16-21)27(38)34-42/h5-16,23,42H,17-18H2,1-4H3,(H,34,38)(H2,32,33,41). The summed E-state index contributed by atoms with van der Waals surface area (Å²) in [7, 11) is 0. The Balaban J connectivity index is 1.70. The molecule has 0 spiro atoms. The number of carbonyl (C=O) groups is 5. The van der Waals surface area contributed by atoms with E-state index in [0.29, 0.717) is 16.9 Å². The quantitative estimate of drug-likeness (QED) is 0.200. The summed E-state index contributed by atoms with van der Waals surface area (Å²) in [6.45, 7) is 6.60. The van der Waals surface area contributed by atoms with Gasteiger partial charge in [0.25, 0.3) is 11.8 Å². The fourth-order valence-electron chi connectivity index (χ4n) is 4.70. The van der Waals surface area contributed by atoms with Crippen LogP contribution in [0.25, 0.3) is 0 Å². The first kappa shape index (κ1) is 29.9. The first-order chi connectivity index (χ1) is 19.9. The monoisotopic (exact) mass is 571 g/mol. The number of hydroxylamine groups is 1. The molecule has 5 amide bonds. The van der Waals surface area contributed by atoms with Crippen LogP contribution in [-0.4, -0.2) is 53.9 Å². The molecule has 0 fully saturated rings. The van der Waals surface area contributed by atoms with Gasteiger partial charge in [-0.15, -0.1) is 0 Å². The smallest absolute Gasteiger partial charge is 0.319 e. The Kier molecular flexibility index (Phi) is 8.72. The second-order valence-corrected chi connectivity index (χ2v) is 11.0. The molecule has 42 heavy (non-hydrogen) atoms. The number of para-hydroxylation sites is 2. The van der Waals surface area contributed by atoms with Crippen molar-refractivity contribution < 1.29 is 29.2 Å². The van der Waals surface area contributed by atoms with Crippen LogP contribution in [0, 0.1) is 12.3 Å². The number of ketones is 1. The lowest BCUT2D eigenvalue weighted by atomic mass is 9.94. The number of hydrogen-bond acceptors (Lipinski definition) is 6. The molecule has 0 saturated carbocycles. The van der Waals surface area contributed by atoms with E-state index in [0.717, 1.165) is 5.56 Å². The van der Waals surface area contributed by atoms with Gasteiger partial charge in [0.1, 0.15) is 6.04 Å². The van der Waals surface area contributed by atoms with Crippen molar-refractivity contribution in [3.63, 3.8) is 0 Å². The normalized spacial score (nSPS) is 14.9. The third kappa shape index (κ3) is 6.47. The van der Waals surface area contributed by atoms with E-state index >= 15 is 0 Å². The van der Waals surface area contributed by atoms with E-state index in [9.17, 15) is 24.0 Å². The highest BCUT2D eigenvalue weighted by molar-refractivity contribution is 6.13. The van der Waals surface area contributed by atoms with Crippen molar-refractivity contribution in [1.82, 2.24) is 10.8 Å². The predicted octanol–water partition coefficient (Wildman–Crippen LogP) is 3.91. The van der Waals surface area contributed by atoms with Gasteiger partial charge in [0.05, 0.1) is 24.5 Å². The number of benzene rings is 3. The minimum atomic E-state index is -1.22. The number of carbonyl (C=O) groups excluding carboxylic acids is 5. The Morgan fingerprint density at radius 3 is 2.26 bits per heavy atom. The van der Waals surface area contributed by atoms with Gasteiger partial charge in [-0.3, -0.25) is 24.4 Å². The number of nitrogens with zero attached hydrogens (tertiary/aromatic N) is 2. The zero-order valence-electron chi connectivity index (χ0n) is 23.8.